The highest BCUT2D eigenvalue weighted by Crippen LogP contribution is 2.31. The van der Waals surface area contributed by atoms with Crippen molar-refractivity contribution in [3.8, 4) is 0 Å². The number of aliphatic hydroxyl groups excluding tert-OH is 1. The van der Waals surface area contributed by atoms with E-state index in [0.717, 1.165) is 24.8 Å². The van der Waals surface area contributed by atoms with Gasteiger partial charge in [-0.1, -0.05) is 13.0 Å². The lowest BCUT2D eigenvalue weighted by atomic mass is 10.1. The molecule has 88 valence electrons. The van der Waals surface area contributed by atoms with Gasteiger partial charge in [0.2, 0.25) is 0 Å². The third-order valence-electron chi connectivity index (χ3n) is 3.34. The van der Waals surface area contributed by atoms with Crippen LogP contribution in [0.25, 0.3) is 0 Å². The molecule has 2 atom stereocenters. The molecule has 2 nitrogen and oxygen atoms in total. The second kappa shape index (κ2) is 4.93. The zero-order valence-electron chi connectivity index (χ0n) is 9.54. The fraction of sp³-hybridized carbons (Fsp3) is 0.538. The van der Waals surface area contributed by atoms with Gasteiger partial charge in [0.05, 0.1) is 6.61 Å². The number of hydrogen-bond donors (Lipinski definition) is 2. The Kier molecular flexibility index (Phi) is 3.56. The molecule has 0 amide bonds. The van der Waals surface area contributed by atoms with Crippen molar-refractivity contribution in [3.05, 3.63) is 35.1 Å². The topological polar surface area (TPSA) is 32.3 Å². The van der Waals surface area contributed by atoms with E-state index >= 15 is 0 Å². The van der Waals surface area contributed by atoms with Crippen LogP contribution in [-0.2, 0) is 6.42 Å². The molecule has 16 heavy (non-hydrogen) atoms. The van der Waals surface area contributed by atoms with Gasteiger partial charge in [-0.15, -0.1) is 0 Å². The van der Waals surface area contributed by atoms with Crippen molar-refractivity contribution in [1.82, 2.24) is 5.32 Å². The summed E-state index contributed by atoms with van der Waals surface area (Å²) >= 11 is 0. The summed E-state index contributed by atoms with van der Waals surface area (Å²) in [6.07, 6.45) is 2.88. The minimum atomic E-state index is -0.176. The van der Waals surface area contributed by atoms with Gasteiger partial charge in [-0.3, -0.25) is 0 Å². The molecule has 0 aliphatic heterocycles. The highest BCUT2D eigenvalue weighted by Gasteiger charge is 2.24. The number of hydrogen-bond acceptors (Lipinski definition) is 2. The summed E-state index contributed by atoms with van der Waals surface area (Å²) in [5.74, 6) is -0.176. The average Bonchev–Trinajstić information content (AvgIpc) is 2.68. The Hall–Kier alpha value is -0.930. The molecule has 1 aromatic rings. The maximum absolute atomic E-state index is 13.2. The van der Waals surface area contributed by atoms with Gasteiger partial charge in [0.25, 0.3) is 0 Å². The Morgan fingerprint density at radius 1 is 1.56 bits per heavy atom. The molecule has 1 aliphatic rings. The Bertz CT molecular complexity index is 363. The van der Waals surface area contributed by atoms with Crippen LogP contribution in [0.4, 0.5) is 4.39 Å². The number of aryl methyl sites for hydroxylation is 1. The van der Waals surface area contributed by atoms with E-state index in [2.05, 4.69) is 5.32 Å². The Labute approximate surface area is 95.5 Å². The molecule has 1 aromatic carbocycles. The lowest BCUT2D eigenvalue weighted by molar-refractivity contribution is 0.227. The number of aliphatic hydroxyl groups is 1. The normalized spacial score (nSPS) is 20.8. The highest BCUT2D eigenvalue weighted by atomic mass is 19.1. The predicted octanol–water partition coefficient (Wildman–Crippen LogP) is 2.17. The van der Waals surface area contributed by atoms with E-state index in [4.69, 9.17) is 5.11 Å². The number of nitrogens with one attached hydrogen (secondary N) is 1. The molecule has 0 heterocycles. The maximum atomic E-state index is 13.2. The molecule has 0 saturated carbocycles. The first-order valence-corrected chi connectivity index (χ1v) is 5.89. The molecule has 2 N–H and O–H groups in total. The number of benzene rings is 1. The van der Waals surface area contributed by atoms with Gasteiger partial charge in [0, 0.05) is 12.1 Å². The molecule has 0 saturated heterocycles. The fourth-order valence-corrected chi connectivity index (χ4v) is 2.33. The van der Waals surface area contributed by atoms with E-state index in [1.165, 1.54) is 11.6 Å². The average molecular weight is 223 g/mol. The molecule has 2 unspecified atom stereocenters. The van der Waals surface area contributed by atoms with Crippen LogP contribution in [0.1, 0.15) is 36.9 Å². The number of halogens is 1. The molecule has 0 fully saturated rings. The zero-order chi connectivity index (χ0) is 11.5. The van der Waals surface area contributed by atoms with Gasteiger partial charge in [0.15, 0.2) is 0 Å². The molecular weight excluding hydrogens is 205 g/mol. The van der Waals surface area contributed by atoms with Crippen molar-refractivity contribution in [3.63, 3.8) is 0 Å². The first-order chi connectivity index (χ1) is 7.74. The van der Waals surface area contributed by atoms with Crippen LogP contribution in [0.5, 0.6) is 0 Å². The first-order valence-electron chi connectivity index (χ1n) is 5.89. The summed E-state index contributed by atoms with van der Waals surface area (Å²) < 4.78 is 13.2. The van der Waals surface area contributed by atoms with E-state index in [-0.39, 0.29) is 24.5 Å². The van der Waals surface area contributed by atoms with Crippen molar-refractivity contribution < 1.29 is 9.50 Å². The van der Waals surface area contributed by atoms with Crippen LogP contribution in [0.3, 0.4) is 0 Å². The Morgan fingerprint density at radius 2 is 2.38 bits per heavy atom. The minimum Gasteiger partial charge on any atom is -0.395 e. The highest BCUT2D eigenvalue weighted by molar-refractivity contribution is 5.35. The maximum Gasteiger partial charge on any atom is 0.123 e. The van der Waals surface area contributed by atoms with Gasteiger partial charge >= 0.3 is 0 Å². The summed E-state index contributed by atoms with van der Waals surface area (Å²) in [6, 6.07) is 5.31. The number of rotatable bonds is 4. The van der Waals surface area contributed by atoms with Crippen molar-refractivity contribution >= 4 is 0 Å². The van der Waals surface area contributed by atoms with Gasteiger partial charge < -0.3 is 10.4 Å². The van der Waals surface area contributed by atoms with Crippen molar-refractivity contribution in [1.29, 1.82) is 0 Å². The second-order valence-electron chi connectivity index (χ2n) is 4.39. The van der Waals surface area contributed by atoms with Crippen LogP contribution in [0.15, 0.2) is 18.2 Å². The van der Waals surface area contributed by atoms with Crippen molar-refractivity contribution in [2.24, 2.45) is 0 Å². The fourth-order valence-electron chi connectivity index (χ4n) is 2.33. The Balaban J connectivity index is 2.13. The van der Waals surface area contributed by atoms with Gasteiger partial charge in [-0.25, -0.2) is 4.39 Å². The third-order valence-corrected chi connectivity index (χ3v) is 3.34. The van der Waals surface area contributed by atoms with E-state index < -0.39 is 0 Å². The lowest BCUT2D eigenvalue weighted by Crippen LogP contribution is -2.34. The summed E-state index contributed by atoms with van der Waals surface area (Å²) in [4.78, 5) is 0. The van der Waals surface area contributed by atoms with Crippen molar-refractivity contribution in [2.45, 2.75) is 38.3 Å². The molecule has 1 aliphatic carbocycles. The summed E-state index contributed by atoms with van der Waals surface area (Å²) in [6.45, 7) is 2.17. The zero-order valence-corrected chi connectivity index (χ0v) is 9.54. The minimum absolute atomic E-state index is 0.110. The summed E-state index contributed by atoms with van der Waals surface area (Å²) in [7, 11) is 0. The molecule has 3 heteroatoms. The molecule has 0 spiro atoms. The Morgan fingerprint density at radius 3 is 3.06 bits per heavy atom. The number of fused-ring (bicyclic) bond motifs is 1. The van der Waals surface area contributed by atoms with Crippen LogP contribution in [0, 0.1) is 5.82 Å². The molecule has 2 rings (SSSR count). The van der Waals surface area contributed by atoms with Gasteiger partial charge in [0.1, 0.15) is 5.82 Å². The van der Waals surface area contributed by atoms with E-state index in [1.807, 2.05) is 13.0 Å². The summed E-state index contributed by atoms with van der Waals surface area (Å²) in [5.41, 5.74) is 2.29. The SMILES string of the molecule is CCC(CO)NC1CCc2ccc(F)cc21. The summed E-state index contributed by atoms with van der Waals surface area (Å²) in [5, 5.41) is 12.5. The van der Waals surface area contributed by atoms with Crippen molar-refractivity contribution in [2.75, 3.05) is 6.61 Å². The quantitative estimate of drug-likeness (QED) is 0.820. The monoisotopic (exact) mass is 223 g/mol. The lowest BCUT2D eigenvalue weighted by Gasteiger charge is -2.20. The van der Waals surface area contributed by atoms with Crippen LogP contribution in [0.2, 0.25) is 0 Å². The van der Waals surface area contributed by atoms with E-state index in [9.17, 15) is 4.39 Å². The first kappa shape index (κ1) is 11.6. The largest absolute Gasteiger partial charge is 0.395 e. The molecular formula is C13H18FNO. The molecule has 0 radical (unpaired) electrons. The van der Waals surface area contributed by atoms with Gasteiger partial charge in [-0.2, -0.15) is 0 Å². The molecule has 0 aromatic heterocycles. The predicted molar refractivity (Wildman–Crippen MR) is 61.8 cm³/mol. The second-order valence-corrected chi connectivity index (χ2v) is 4.39. The van der Waals surface area contributed by atoms with Crippen LogP contribution < -0.4 is 5.32 Å². The van der Waals surface area contributed by atoms with E-state index in [0.29, 0.717) is 0 Å². The van der Waals surface area contributed by atoms with E-state index in [1.54, 1.807) is 6.07 Å². The standard InChI is InChI=1S/C13H18FNO/c1-2-11(8-16)15-13-6-4-9-3-5-10(14)7-12(9)13/h3,5,7,11,13,15-16H,2,4,6,8H2,1H3. The molecule has 0 bridgehead atoms. The van der Waals surface area contributed by atoms with Gasteiger partial charge in [-0.05, 0) is 42.5 Å². The van der Waals surface area contributed by atoms with Crippen LogP contribution in [-0.4, -0.2) is 17.8 Å². The smallest absolute Gasteiger partial charge is 0.123 e. The third kappa shape index (κ3) is 2.25. The van der Waals surface area contributed by atoms with Crippen LogP contribution >= 0.6 is 0 Å².